The Morgan fingerprint density at radius 2 is 2.31 bits per heavy atom. The SMILES string of the molecule is CCOC(=O)[C@@H]1CCC[NH+](C/C(O)=C(\C#N)c2nc3ccccc3[nH]2)C1. The molecule has 2 atom stereocenters. The van der Waals surface area contributed by atoms with Gasteiger partial charge in [0, 0.05) is 0 Å². The van der Waals surface area contributed by atoms with Crippen LogP contribution in [-0.2, 0) is 9.53 Å². The van der Waals surface area contributed by atoms with Crippen LogP contribution in [0.25, 0.3) is 16.6 Å². The third-order valence-corrected chi connectivity index (χ3v) is 4.68. The molecule has 0 aliphatic carbocycles. The van der Waals surface area contributed by atoms with Gasteiger partial charge in [-0.15, -0.1) is 0 Å². The number of aliphatic hydroxyl groups excluding tert-OH is 1. The molecule has 136 valence electrons. The van der Waals surface area contributed by atoms with Gasteiger partial charge in [0.15, 0.2) is 11.6 Å². The Balaban J connectivity index is 1.76. The second kappa shape index (κ2) is 8.02. The zero-order chi connectivity index (χ0) is 18.5. The molecule has 1 aliphatic heterocycles. The van der Waals surface area contributed by atoms with Crippen molar-refractivity contribution in [1.29, 1.82) is 5.26 Å². The van der Waals surface area contributed by atoms with Gasteiger partial charge in [0.1, 0.15) is 24.1 Å². The van der Waals surface area contributed by atoms with Crippen LogP contribution in [0.2, 0.25) is 0 Å². The number of hydrogen-bond acceptors (Lipinski definition) is 5. The normalized spacial score (nSPS) is 21.1. The van der Waals surface area contributed by atoms with Gasteiger partial charge in [0.25, 0.3) is 0 Å². The highest BCUT2D eigenvalue weighted by atomic mass is 16.5. The summed E-state index contributed by atoms with van der Waals surface area (Å²) < 4.78 is 5.11. The van der Waals surface area contributed by atoms with E-state index in [0.717, 1.165) is 35.3 Å². The first-order valence-electron chi connectivity index (χ1n) is 8.90. The van der Waals surface area contributed by atoms with E-state index in [2.05, 4.69) is 16.0 Å². The summed E-state index contributed by atoms with van der Waals surface area (Å²) in [6.45, 7) is 3.91. The molecule has 0 spiro atoms. The van der Waals surface area contributed by atoms with Gasteiger partial charge in [-0.2, -0.15) is 5.26 Å². The van der Waals surface area contributed by atoms with Crippen molar-refractivity contribution in [3.05, 3.63) is 35.8 Å². The lowest BCUT2D eigenvalue weighted by molar-refractivity contribution is -0.904. The summed E-state index contributed by atoms with van der Waals surface area (Å²) in [6.07, 6.45) is 1.69. The lowest BCUT2D eigenvalue weighted by Crippen LogP contribution is -3.14. The van der Waals surface area contributed by atoms with E-state index < -0.39 is 0 Å². The highest BCUT2D eigenvalue weighted by molar-refractivity contribution is 5.82. The predicted octanol–water partition coefficient (Wildman–Crippen LogP) is 1.21. The number of hydrogen-bond donors (Lipinski definition) is 3. The topological polar surface area (TPSA) is 103 Å². The quantitative estimate of drug-likeness (QED) is 0.425. The number of piperidine rings is 1. The number of aromatic nitrogens is 2. The number of quaternary nitrogens is 1. The number of aromatic amines is 1. The lowest BCUT2D eigenvalue weighted by atomic mass is 9.98. The first-order valence-corrected chi connectivity index (χ1v) is 8.90. The number of nitriles is 1. The zero-order valence-corrected chi connectivity index (χ0v) is 14.8. The van der Waals surface area contributed by atoms with Crippen molar-refractivity contribution < 1.29 is 19.5 Å². The van der Waals surface area contributed by atoms with Crippen LogP contribution in [0.15, 0.2) is 30.0 Å². The van der Waals surface area contributed by atoms with E-state index in [1.54, 1.807) is 6.92 Å². The first-order chi connectivity index (χ1) is 12.6. The number of esters is 1. The number of benzene rings is 1. The van der Waals surface area contributed by atoms with E-state index in [-0.39, 0.29) is 29.8 Å². The number of rotatable bonds is 5. The molecule has 0 amide bonds. The van der Waals surface area contributed by atoms with Gasteiger partial charge in [-0.1, -0.05) is 12.1 Å². The fraction of sp³-hybridized carbons (Fsp3) is 0.421. The van der Waals surface area contributed by atoms with Crippen LogP contribution in [0.4, 0.5) is 0 Å². The summed E-state index contributed by atoms with van der Waals surface area (Å²) in [7, 11) is 0. The molecule has 26 heavy (non-hydrogen) atoms. The monoisotopic (exact) mass is 355 g/mol. The van der Waals surface area contributed by atoms with Crippen molar-refractivity contribution in [1.82, 2.24) is 9.97 Å². The van der Waals surface area contributed by atoms with Crippen molar-refractivity contribution >= 4 is 22.6 Å². The number of imidazole rings is 1. The number of aliphatic hydroxyl groups is 1. The molecule has 2 heterocycles. The molecule has 7 nitrogen and oxygen atoms in total. The largest absolute Gasteiger partial charge is 0.506 e. The average molecular weight is 355 g/mol. The van der Waals surface area contributed by atoms with Crippen LogP contribution in [0.1, 0.15) is 25.6 Å². The Bertz CT molecular complexity index is 832. The molecule has 1 saturated heterocycles. The molecule has 3 N–H and O–H groups in total. The van der Waals surface area contributed by atoms with Gasteiger partial charge < -0.3 is 19.7 Å². The predicted molar refractivity (Wildman–Crippen MR) is 96.2 cm³/mol. The maximum atomic E-state index is 12.0. The minimum atomic E-state index is -0.175. The Kier molecular flexibility index (Phi) is 5.54. The van der Waals surface area contributed by atoms with Crippen molar-refractivity contribution in [3.8, 4) is 6.07 Å². The summed E-state index contributed by atoms with van der Waals surface area (Å²) in [5, 5.41) is 20.0. The number of nitrogens with zero attached hydrogens (tertiary/aromatic N) is 2. The van der Waals surface area contributed by atoms with Gasteiger partial charge in [-0.3, -0.25) is 4.79 Å². The summed E-state index contributed by atoms with van der Waals surface area (Å²) in [4.78, 5) is 20.5. The van der Waals surface area contributed by atoms with Crippen LogP contribution < -0.4 is 4.90 Å². The number of ether oxygens (including phenoxy) is 1. The molecule has 0 saturated carbocycles. The number of allylic oxidation sites excluding steroid dienone is 1. The van der Waals surface area contributed by atoms with Crippen LogP contribution in [0.3, 0.4) is 0 Å². The second-order valence-corrected chi connectivity index (χ2v) is 6.51. The van der Waals surface area contributed by atoms with Crippen LogP contribution in [0.5, 0.6) is 0 Å². The molecule has 1 aliphatic rings. The number of carbonyl (C=O) groups excluding carboxylic acids is 1. The Morgan fingerprint density at radius 3 is 3.04 bits per heavy atom. The van der Waals surface area contributed by atoms with Crippen molar-refractivity contribution in [2.45, 2.75) is 19.8 Å². The molecule has 2 aromatic rings. The maximum absolute atomic E-state index is 12.0. The van der Waals surface area contributed by atoms with Crippen LogP contribution in [-0.4, -0.2) is 47.3 Å². The Labute approximate surface area is 151 Å². The number of nitrogens with one attached hydrogen (secondary N) is 2. The molecule has 3 rings (SSSR count). The van der Waals surface area contributed by atoms with E-state index in [9.17, 15) is 15.2 Å². The molecule has 1 unspecified atom stereocenters. The number of fused-ring (bicyclic) bond motifs is 1. The zero-order valence-electron chi connectivity index (χ0n) is 14.8. The van der Waals surface area contributed by atoms with Gasteiger partial charge in [-0.25, -0.2) is 4.98 Å². The fourth-order valence-electron chi connectivity index (χ4n) is 3.42. The molecule has 1 aromatic carbocycles. The van der Waals surface area contributed by atoms with E-state index in [1.807, 2.05) is 24.3 Å². The fourth-order valence-corrected chi connectivity index (χ4v) is 3.42. The number of likely N-dealkylation sites (tertiary alicyclic amines) is 1. The van der Waals surface area contributed by atoms with Crippen molar-refractivity contribution in [2.24, 2.45) is 5.92 Å². The highest BCUT2D eigenvalue weighted by Gasteiger charge is 2.30. The minimum absolute atomic E-state index is 0.00827. The summed E-state index contributed by atoms with van der Waals surface area (Å²) >= 11 is 0. The molecular weight excluding hydrogens is 332 g/mol. The highest BCUT2D eigenvalue weighted by Crippen LogP contribution is 2.18. The van der Waals surface area contributed by atoms with Gasteiger partial charge >= 0.3 is 5.97 Å². The van der Waals surface area contributed by atoms with E-state index in [4.69, 9.17) is 4.74 Å². The van der Waals surface area contributed by atoms with Crippen molar-refractivity contribution in [2.75, 3.05) is 26.2 Å². The van der Waals surface area contributed by atoms with Gasteiger partial charge in [0.05, 0.1) is 30.7 Å². The van der Waals surface area contributed by atoms with Crippen LogP contribution in [0, 0.1) is 17.2 Å². The second-order valence-electron chi connectivity index (χ2n) is 6.51. The van der Waals surface area contributed by atoms with Crippen molar-refractivity contribution in [3.63, 3.8) is 0 Å². The average Bonchev–Trinajstić information content (AvgIpc) is 3.06. The molecule has 0 radical (unpaired) electrons. The van der Waals surface area contributed by atoms with Gasteiger partial charge in [-0.05, 0) is 31.9 Å². The van der Waals surface area contributed by atoms with Gasteiger partial charge in [0.2, 0.25) is 0 Å². The van der Waals surface area contributed by atoms with E-state index in [1.165, 1.54) is 0 Å². The summed E-state index contributed by atoms with van der Waals surface area (Å²) in [5.74, 6) is 0.0322. The number of carbonyl (C=O) groups is 1. The lowest BCUT2D eigenvalue weighted by Gasteiger charge is -2.28. The Morgan fingerprint density at radius 1 is 1.50 bits per heavy atom. The third-order valence-electron chi connectivity index (χ3n) is 4.68. The molecule has 7 heteroatoms. The summed E-state index contributed by atoms with van der Waals surface area (Å²) in [6, 6.07) is 9.53. The number of para-hydroxylation sites is 2. The molecular formula is C19H23N4O3+. The number of H-pyrrole nitrogens is 1. The third kappa shape index (κ3) is 3.86. The molecule has 1 fully saturated rings. The molecule has 1 aromatic heterocycles. The van der Waals surface area contributed by atoms with E-state index >= 15 is 0 Å². The summed E-state index contributed by atoms with van der Waals surface area (Å²) in [5.41, 5.74) is 1.71. The minimum Gasteiger partial charge on any atom is -0.506 e. The Hall–Kier alpha value is -2.85. The maximum Gasteiger partial charge on any atom is 0.314 e. The van der Waals surface area contributed by atoms with Crippen LogP contribution >= 0.6 is 0 Å². The molecule has 0 bridgehead atoms. The standard InChI is InChI=1S/C19H22N4O3/c1-2-26-19(25)13-6-5-9-23(11-13)12-17(24)14(10-20)18-21-15-7-3-4-8-16(15)22-18/h3-4,7-8,13,24H,2,5-6,9,11-12H2,1H3,(H,21,22)/p+1/b17-14-/t13-/m1/s1. The van der Waals surface area contributed by atoms with E-state index in [0.29, 0.717) is 19.0 Å². The smallest absolute Gasteiger partial charge is 0.314 e. The first kappa shape index (κ1) is 18.0.